The smallest absolute Gasteiger partial charge is 0.394 e. The van der Waals surface area contributed by atoms with Gasteiger partial charge in [-0.3, -0.25) is 59.6 Å². The highest BCUT2D eigenvalue weighted by atomic mass is 31.2. The lowest BCUT2D eigenvalue weighted by Gasteiger charge is -2.41. The van der Waals surface area contributed by atoms with E-state index in [1.165, 1.54) is 0 Å². The van der Waals surface area contributed by atoms with Crippen molar-refractivity contribution in [2.24, 2.45) is 23.7 Å². The average molecular weight is 1900 g/mol. The van der Waals surface area contributed by atoms with Gasteiger partial charge in [-0.15, -0.1) is 0 Å². The maximum Gasteiger partial charge on any atom is 0.472 e. The van der Waals surface area contributed by atoms with Crippen LogP contribution in [0.15, 0.2) is 0 Å². The molecule has 0 radical (unpaired) electrons. The molecule has 6 aliphatic heterocycles. The molecule has 50 heteroatoms. The Morgan fingerprint density at radius 2 is 0.597 bits per heavy atom. The van der Waals surface area contributed by atoms with Crippen LogP contribution in [0.25, 0.3) is 0 Å². The van der Waals surface area contributed by atoms with E-state index in [0.717, 1.165) is 12.8 Å². The molecule has 0 amide bonds. The van der Waals surface area contributed by atoms with Crippen LogP contribution in [0.5, 0.6) is 0 Å². The first-order valence-corrected chi connectivity index (χ1v) is 49.9. The van der Waals surface area contributed by atoms with Crippen LogP contribution < -0.4 is 0 Å². The second-order valence-electron chi connectivity index (χ2n) is 32.5. The van der Waals surface area contributed by atoms with Crippen LogP contribution in [-0.2, 0) is 144 Å². The zero-order valence-corrected chi connectivity index (χ0v) is 76.1. The van der Waals surface area contributed by atoms with Crippen molar-refractivity contribution in [1.82, 2.24) is 0 Å². The summed E-state index contributed by atoms with van der Waals surface area (Å²) in [5.41, 5.74) is -0.603. The van der Waals surface area contributed by atoms with Gasteiger partial charge in [0, 0.05) is 82.0 Å². The Kier molecular flexibility index (Phi) is 50.4. The first kappa shape index (κ1) is 111. The number of ether oxygens (including phenoxy) is 13. The number of carbonyl (C=O) groups is 3. The summed E-state index contributed by atoms with van der Waals surface area (Å²) in [6.07, 6.45) is -13.2. The maximum atomic E-state index is 13.5. The van der Waals surface area contributed by atoms with E-state index in [-0.39, 0.29) is 121 Å². The molecule has 0 aromatic heterocycles. The van der Waals surface area contributed by atoms with Crippen LogP contribution in [0, 0.1) is 23.7 Å². The third kappa shape index (κ3) is 41.3. The Morgan fingerprint density at radius 1 is 0.315 bits per heavy atom. The van der Waals surface area contributed by atoms with Crippen LogP contribution in [-0.4, -0.2) is 335 Å². The lowest BCUT2D eigenvalue weighted by molar-refractivity contribution is -0.280. The van der Waals surface area contributed by atoms with E-state index in [1.807, 2.05) is 0 Å². The van der Waals surface area contributed by atoms with Crippen molar-refractivity contribution in [2.75, 3.05) is 119 Å². The third-order valence-corrected chi connectivity index (χ3v) is 26.3. The molecule has 29 atom stereocenters. The molecule has 14 unspecified atom stereocenters. The fourth-order valence-electron chi connectivity index (χ4n) is 14.0. The summed E-state index contributed by atoms with van der Waals surface area (Å²) in [6.45, 7) is 3.91. The minimum absolute atomic E-state index is 0.0538. The molecule has 0 aromatic rings. The fourth-order valence-corrected chi connectivity index (χ4v) is 18.2. The van der Waals surface area contributed by atoms with Crippen LogP contribution in [0.1, 0.15) is 183 Å². The van der Waals surface area contributed by atoms with Gasteiger partial charge >= 0.3 is 39.1 Å². The zero-order chi connectivity index (χ0) is 91.4. The molecule has 0 saturated carbocycles. The van der Waals surface area contributed by atoms with Crippen molar-refractivity contribution in [3.63, 3.8) is 0 Å². The number of hydrogen-bond acceptors (Lipinski definition) is 40. The molecule has 0 bridgehead atoms. The highest BCUT2D eigenvalue weighted by molar-refractivity contribution is 7.48. The van der Waals surface area contributed by atoms with Gasteiger partial charge in [0.2, 0.25) is 0 Å². The average Bonchev–Trinajstić information content (AvgIpc) is 1.80. The monoisotopic (exact) mass is 1900 g/mol. The van der Waals surface area contributed by atoms with Gasteiger partial charge in [0.15, 0.2) is 55.1 Å². The Labute approximate surface area is 722 Å². The number of unbranched alkanes of at least 4 members (excludes halogenated alkanes) is 12. The molecular formula is C74H137O45P5. The molecule has 728 valence electrons. The molecule has 6 heterocycles. The van der Waals surface area contributed by atoms with E-state index in [4.69, 9.17) is 107 Å². The Bertz CT molecular complexity index is 3290. The van der Waals surface area contributed by atoms with Gasteiger partial charge in [-0.1, -0.05) is 85.5 Å². The van der Waals surface area contributed by atoms with Crippen LogP contribution in [0.2, 0.25) is 0 Å². The molecule has 6 saturated heterocycles. The topological polar surface area (TPSA) is 632 Å². The summed E-state index contributed by atoms with van der Waals surface area (Å²) >= 11 is 0. The number of rotatable bonds is 66. The highest BCUT2D eigenvalue weighted by Gasteiger charge is 2.49. The minimum atomic E-state index is -5.23. The van der Waals surface area contributed by atoms with Gasteiger partial charge in [-0.25, -0.2) is 22.8 Å². The van der Waals surface area contributed by atoms with Gasteiger partial charge in [-0.05, 0) is 59.3 Å². The third-order valence-electron chi connectivity index (χ3n) is 21.2. The second kappa shape index (κ2) is 56.1. The summed E-state index contributed by atoms with van der Waals surface area (Å²) in [5.74, 6) is -2.61. The molecule has 0 spiro atoms. The van der Waals surface area contributed by atoms with Crippen LogP contribution >= 0.6 is 39.1 Å². The SMILES string of the molecule is CC1[C@H](OCC(=O)CCCCCCCO[C@H]2C[C@@H](OP(=O)(O)OCCOC(C)(C)C)C(COP(=O)(O)OCCOP(=O)(O)O[C@@H]3C[C@H](OCCCCCCCC(=O)CO[C@@H]4OC(CO)[C@H](O)[C@H](O)C4C)OC3COP(=O)(O)OCCOP(=O)(O)OC3C[C@H](OCCCCCCCC(=O)CO[C@@H]4OC(CO)[C@H](O)[C@H](O)C4C)O[C@@H]3CO)O2)OC(CO)[C@H](C)[C@@H]1O. The number of phosphoric acid groups is 5. The quantitative estimate of drug-likeness (QED) is 0.0299. The van der Waals surface area contributed by atoms with Crippen molar-refractivity contribution in [3.8, 4) is 0 Å². The van der Waals surface area contributed by atoms with E-state index in [2.05, 4.69) is 0 Å². The van der Waals surface area contributed by atoms with Gasteiger partial charge < -0.3 is 132 Å². The summed E-state index contributed by atoms with van der Waals surface area (Å²) in [5, 5.41) is 89.8. The standard InChI is InChI=1S/C74H137O45P5/c1-47-57(38-75)114-71(48(2)66(47)82)100-42-51(79)23-17-12-9-15-21-27-98-64-36-55(118-122(91,92)106-30-29-103-74(5,6)7)61(112-64)45-109-121(89,90)105-32-34-108-124(95,96)119-56-37-65(99-28-22-16-10-13-19-25-53(81)44-102-73-50(4)68(84)70(86)60(41-78)116-73)113-62(56)46-110-120(87,88)104-31-33-107-123(93,94)117-54-35-63(111-58(54)39-76)97-26-20-14-8-11-18-24-52(80)43-101-72-49(3)67(83)69(85)59(40-77)115-72/h47-50,54-73,75-78,82-86H,8-46H2,1-7H3,(H,87,88)(H,89,90)(H,91,92)(H,93,94)(H,95,96)/t47-,48?,49?,50?,54?,55+,56+,57?,58+,59?,60?,61?,62?,63+,64+,65+,66-,67+,68+,69-,70-,71+,72+,73+/m0/s1. The number of aliphatic hydroxyl groups is 9. The molecule has 6 aliphatic rings. The molecule has 124 heavy (non-hydrogen) atoms. The predicted octanol–water partition coefficient (Wildman–Crippen LogP) is 4.24. The van der Waals surface area contributed by atoms with E-state index in [9.17, 15) is 108 Å². The number of aliphatic hydroxyl groups excluding tert-OH is 9. The molecule has 6 fully saturated rings. The minimum Gasteiger partial charge on any atom is -0.394 e. The summed E-state index contributed by atoms with van der Waals surface area (Å²) < 4.78 is 192. The highest BCUT2D eigenvalue weighted by Crippen LogP contribution is 2.53. The predicted molar refractivity (Wildman–Crippen MR) is 426 cm³/mol. The van der Waals surface area contributed by atoms with Gasteiger partial charge in [-0.2, -0.15) is 0 Å². The Balaban J connectivity index is 0.928. The van der Waals surface area contributed by atoms with Gasteiger partial charge in [0.1, 0.15) is 80.9 Å². The van der Waals surface area contributed by atoms with Crippen LogP contribution in [0.4, 0.5) is 0 Å². The molecule has 6 rings (SSSR count). The number of carbonyl (C=O) groups excluding carboxylic acids is 3. The fraction of sp³-hybridized carbons (Fsp3) is 0.959. The molecule has 45 nitrogen and oxygen atoms in total. The summed E-state index contributed by atoms with van der Waals surface area (Å²) in [6, 6.07) is 0. The number of ketones is 3. The maximum absolute atomic E-state index is 13.5. The van der Waals surface area contributed by atoms with E-state index < -0.39 is 245 Å². The normalized spacial score (nSPS) is 33.1. The van der Waals surface area contributed by atoms with Gasteiger partial charge in [0.05, 0.1) is 109 Å². The summed E-state index contributed by atoms with van der Waals surface area (Å²) in [7, 11) is -25.3. The molecule has 0 aromatic carbocycles. The lowest BCUT2D eigenvalue weighted by Crippen LogP contribution is -2.55. The van der Waals surface area contributed by atoms with Crippen LogP contribution in [0.3, 0.4) is 0 Å². The molecule has 14 N–H and O–H groups in total. The van der Waals surface area contributed by atoms with E-state index in [1.54, 1.807) is 48.5 Å². The van der Waals surface area contributed by atoms with Crippen molar-refractivity contribution in [2.45, 2.75) is 312 Å². The van der Waals surface area contributed by atoms with Crippen molar-refractivity contribution < 1.29 is 214 Å². The Morgan fingerprint density at radius 3 is 0.927 bits per heavy atom. The number of Topliss-reactive ketones (excluding diaryl/α,β-unsaturated/α-hetero) is 3. The summed E-state index contributed by atoms with van der Waals surface area (Å²) in [4.78, 5) is 91.4. The van der Waals surface area contributed by atoms with Gasteiger partial charge in [0.25, 0.3) is 0 Å². The lowest BCUT2D eigenvalue weighted by atomic mass is 9.86. The van der Waals surface area contributed by atoms with E-state index >= 15 is 0 Å². The largest absolute Gasteiger partial charge is 0.472 e. The zero-order valence-electron chi connectivity index (χ0n) is 71.6. The number of hydrogen-bond donors (Lipinski definition) is 14. The van der Waals surface area contributed by atoms with Crippen molar-refractivity contribution in [1.29, 1.82) is 0 Å². The Hall–Kier alpha value is -1.32. The molecular weight excluding hydrogens is 1760 g/mol. The van der Waals surface area contributed by atoms with Crippen molar-refractivity contribution >= 4 is 56.5 Å². The first-order valence-electron chi connectivity index (χ1n) is 42.4. The van der Waals surface area contributed by atoms with E-state index in [0.29, 0.717) is 83.5 Å². The first-order chi connectivity index (χ1) is 58.6. The second-order valence-corrected chi connectivity index (χ2v) is 39.6. The number of phosphoric ester groups is 5. The van der Waals surface area contributed by atoms with Crippen molar-refractivity contribution in [3.05, 3.63) is 0 Å². The molecule has 0 aliphatic carbocycles.